The number of nitrogens with zero attached hydrogens (tertiary/aromatic N) is 1. The van der Waals surface area contributed by atoms with Gasteiger partial charge < -0.3 is 10.0 Å². The molecule has 48 valence electrons. The lowest BCUT2D eigenvalue weighted by Gasteiger charge is -2.31. The van der Waals surface area contributed by atoms with E-state index in [1.54, 1.807) is 0 Å². The number of likely N-dealkylation sites (tertiary alicyclic amines) is 1. The van der Waals surface area contributed by atoms with E-state index in [-0.39, 0.29) is 6.10 Å². The molecule has 1 saturated heterocycles. The minimum Gasteiger partial charge on any atom is -0.392 e. The summed E-state index contributed by atoms with van der Waals surface area (Å²) >= 11 is 0. The van der Waals surface area contributed by atoms with E-state index in [4.69, 9.17) is 5.11 Å². The minimum absolute atomic E-state index is 0.143. The maximum absolute atomic E-state index is 8.85. The molecule has 1 N–H and O–H groups in total. The quantitative estimate of drug-likeness (QED) is 0.550. The standard InChI is InChI=1S/C6H13NO/c1-6(8)5-7-3-2-4-7/h6,8H,2-5H2,1H3/t6-/m1/s1. The molecule has 0 aromatic carbocycles. The maximum Gasteiger partial charge on any atom is 0.0639 e. The summed E-state index contributed by atoms with van der Waals surface area (Å²) in [6.07, 6.45) is 1.17. The van der Waals surface area contributed by atoms with E-state index >= 15 is 0 Å². The van der Waals surface area contributed by atoms with Crippen molar-refractivity contribution in [1.29, 1.82) is 0 Å². The van der Waals surface area contributed by atoms with Crippen LogP contribution in [0.4, 0.5) is 0 Å². The average molecular weight is 115 g/mol. The summed E-state index contributed by atoms with van der Waals surface area (Å²) in [5.74, 6) is 0. The summed E-state index contributed by atoms with van der Waals surface area (Å²) < 4.78 is 0. The molecular formula is C6H13NO. The predicted octanol–water partition coefficient (Wildman–Crippen LogP) is 0.0729. The lowest BCUT2D eigenvalue weighted by atomic mass is 10.2. The molecule has 1 fully saturated rings. The van der Waals surface area contributed by atoms with Crippen LogP contribution >= 0.6 is 0 Å². The molecule has 0 amide bonds. The fourth-order valence-corrected chi connectivity index (χ4v) is 0.938. The van der Waals surface area contributed by atoms with Crippen LogP contribution in [0, 0.1) is 0 Å². The van der Waals surface area contributed by atoms with E-state index in [2.05, 4.69) is 4.90 Å². The number of hydrogen-bond donors (Lipinski definition) is 1. The first-order valence-corrected chi connectivity index (χ1v) is 3.19. The van der Waals surface area contributed by atoms with Crippen molar-refractivity contribution in [2.24, 2.45) is 0 Å². The highest BCUT2D eigenvalue weighted by molar-refractivity contribution is 4.69. The van der Waals surface area contributed by atoms with Gasteiger partial charge in [-0.25, -0.2) is 0 Å². The molecule has 0 saturated carbocycles. The van der Waals surface area contributed by atoms with Gasteiger partial charge in [0.15, 0.2) is 0 Å². The van der Waals surface area contributed by atoms with E-state index in [1.807, 2.05) is 6.92 Å². The third-order valence-electron chi connectivity index (χ3n) is 1.47. The van der Waals surface area contributed by atoms with Crippen LogP contribution in [0.25, 0.3) is 0 Å². The maximum atomic E-state index is 8.85. The number of aliphatic hydroxyl groups is 1. The van der Waals surface area contributed by atoms with Gasteiger partial charge in [0.2, 0.25) is 0 Å². The van der Waals surface area contributed by atoms with Crippen LogP contribution in [-0.4, -0.2) is 35.7 Å². The largest absolute Gasteiger partial charge is 0.392 e. The zero-order valence-electron chi connectivity index (χ0n) is 5.30. The van der Waals surface area contributed by atoms with E-state index < -0.39 is 0 Å². The molecule has 1 rings (SSSR count). The lowest BCUT2D eigenvalue weighted by Crippen LogP contribution is -2.41. The molecular weight excluding hydrogens is 102 g/mol. The smallest absolute Gasteiger partial charge is 0.0639 e. The Bertz CT molecular complexity index is 68.9. The molecule has 8 heavy (non-hydrogen) atoms. The van der Waals surface area contributed by atoms with Gasteiger partial charge in [-0.1, -0.05) is 0 Å². The van der Waals surface area contributed by atoms with Gasteiger partial charge >= 0.3 is 0 Å². The molecule has 0 aromatic rings. The van der Waals surface area contributed by atoms with Crippen molar-refractivity contribution >= 4 is 0 Å². The summed E-state index contributed by atoms with van der Waals surface area (Å²) in [4.78, 5) is 2.25. The Morgan fingerprint density at radius 2 is 2.25 bits per heavy atom. The van der Waals surface area contributed by atoms with E-state index in [9.17, 15) is 0 Å². The third-order valence-corrected chi connectivity index (χ3v) is 1.47. The zero-order chi connectivity index (χ0) is 5.98. The Kier molecular flexibility index (Phi) is 1.86. The van der Waals surface area contributed by atoms with Crippen LogP contribution in [0.15, 0.2) is 0 Å². The van der Waals surface area contributed by atoms with Crippen molar-refractivity contribution < 1.29 is 5.11 Å². The second-order valence-corrected chi connectivity index (χ2v) is 2.50. The van der Waals surface area contributed by atoms with Gasteiger partial charge in [-0.3, -0.25) is 0 Å². The van der Waals surface area contributed by atoms with Crippen molar-refractivity contribution in [2.75, 3.05) is 19.6 Å². The van der Waals surface area contributed by atoms with Crippen molar-refractivity contribution in [3.05, 3.63) is 0 Å². The fraction of sp³-hybridized carbons (Fsp3) is 1.00. The van der Waals surface area contributed by atoms with Crippen LogP contribution in [0.1, 0.15) is 13.3 Å². The molecule has 0 radical (unpaired) electrons. The normalized spacial score (nSPS) is 24.8. The van der Waals surface area contributed by atoms with Gasteiger partial charge in [0.25, 0.3) is 0 Å². The van der Waals surface area contributed by atoms with Gasteiger partial charge in [-0.2, -0.15) is 0 Å². The zero-order valence-corrected chi connectivity index (χ0v) is 5.30. The van der Waals surface area contributed by atoms with Crippen LogP contribution in [-0.2, 0) is 0 Å². The van der Waals surface area contributed by atoms with Gasteiger partial charge in [0, 0.05) is 6.54 Å². The molecule has 1 aliphatic rings. The SMILES string of the molecule is C[C@@H](O)CN1CCC1. The Morgan fingerprint density at radius 3 is 2.38 bits per heavy atom. The molecule has 1 atom stereocenters. The first-order chi connectivity index (χ1) is 3.79. The molecule has 0 aromatic heterocycles. The molecule has 0 aliphatic carbocycles. The topological polar surface area (TPSA) is 23.5 Å². The third kappa shape index (κ3) is 1.46. The molecule has 1 heterocycles. The van der Waals surface area contributed by atoms with Crippen LogP contribution in [0.5, 0.6) is 0 Å². The average Bonchev–Trinajstić information content (AvgIpc) is 1.55. The molecule has 2 nitrogen and oxygen atoms in total. The first-order valence-electron chi connectivity index (χ1n) is 3.19. The summed E-state index contributed by atoms with van der Waals surface area (Å²) in [7, 11) is 0. The Morgan fingerprint density at radius 1 is 1.62 bits per heavy atom. The molecule has 1 aliphatic heterocycles. The number of rotatable bonds is 2. The number of β-amino-alcohol motifs (C(OH)–C–C–N with tert-alkyl or cyclic N) is 1. The number of hydrogen-bond acceptors (Lipinski definition) is 2. The van der Waals surface area contributed by atoms with E-state index in [1.165, 1.54) is 19.5 Å². The summed E-state index contributed by atoms with van der Waals surface area (Å²) in [6.45, 7) is 5.06. The summed E-state index contributed by atoms with van der Waals surface area (Å²) in [5.41, 5.74) is 0. The molecule has 0 unspecified atom stereocenters. The van der Waals surface area contributed by atoms with Gasteiger partial charge in [0.05, 0.1) is 6.10 Å². The monoisotopic (exact) mass is 115 g/mol. The van der Waals surface area contributed by atoms with Crippen LogP contribution in [0.3, 0.4) is 0 Å². The predicted molar refractivity (Wildman–Crippen MR) is 32.7 cm³/mol. The molecule has 0 spiro atoms. The molecule has 0 bridgehead atoms. The minimum atomic E-state index is -0.143. The van der Waals surface area contributed by atoms with Crippen molar-refractivity contribution in [2.45, 2.75) is 19.4 Å². The van der Waals surface area contributed by atoms with Crippen LogP contribution < -0.4 is 0 Å². The Labute approximate surface area is 50.1 Å². The van der Waals surface area contributed by atoms with Gasteiger partial charge in [-0.15, -0.1) is 0 Å². The summed E-state index contributed by atoms with van der Waals surface area (Å²) in [5, 5.41) is 8.85. The van der Waals surface area contributed by atoms with E-state index in [0.29, 0.717) is 0 Å². The number of aliphatic hydroxyl groups excluding tert-OH is 1. The Balaban J connectivity index is 2.01. The lowest BCUT2D eigenvalue weighted by molar-refractivity contribution is 0.0897. The van der Waals surface area contributed by atoms with Gasteiger partial charge in [0.1, 0.15) is 0 Å². The van der Waals surface area contributed by atoms with Crippen molar-refractivity contribution in [3.8, 4) is 0 Å². The van der Waals surface area contributed by atoms with E-state index in [0.717, 1.165) is 6.54 Å². The highest BCUT2D eigenvalue weighted by Crippen LogP contribution is 2.05. The highest BCUT2D eigenvalue weighted by Gasteiger charge is 2.14. The summed E-state index contributed by atoms with van der Waals surface area (Å²) in [6, 6.07) is 0. The van der Waals surface area contributed by atoms with Crippen LogP contribution in [0.2, 0.25) is 0 Å². The highest BCUT2D eigenvalue weighted by atomic mass is 16.3. The second-order valence-electron chi connectivity index (χ2n) is 2.50. The second kappa shape index (κ2) is 2.46. The van der Waals surface area contributed by atoms with Crippen molar-refractivity contribution in [3.63, 3.8) is 0 Å². The van der Waals surface area contributed by atoms with Crippen molar-refractivity contribution in [1.82, 2.24) is 4.90 Å². The first kappa shape index (κ1) is 6.05. The Hall–Kier alpha value is -0.0800. The van der Waals surface area contributed by atoms with Gasteiger partial charge in [-0.05, 0) is 26.4 Å². The fourth-order valence-electron chi connectivity index (χ4n) is 0.938. The molecule has 2 heteroatoms.